The number of aromatic nitrogens is 2. The highest BCUT2D eigenvalue weighted by atomic mass is 32.1. The standard InChI is InChI=1S/C30H31N5O2S/c1-18-9-11-22(12-10-18)34-19(2)16-24(20(34)3)29-28(25-8-6-7-15-31-25)33-30(38)35(29)23-13-14-27(37-5)26(17-23)32-21(4)36/h6-17,28-29H,1-5H3,(H,32,36)(H,33,38)/t28-,29+/m0/s1. The molecule has 1 amide bonds. The van der Waals surface area contributed by atoms with Crippen molar-refractivity contribution in [1.82, 2.24) is 14.9 Å². The predicted molar refractivity (Wildman–Crippen MR) is 155 cm³/mol. The molecule has 1 aliphatic heterocycles. The van der Waals surface area contributed by atoms with Crippen molar-refractivity contribution in [2.24, 2.45) is 0 Å². The molecule has 194 valence electrons. The summed E-state index contributed by atoms with van der Waals surface area (Å²) in [5.74, 6) is 0.407. The van der Waals surface area contributed by atoms with Gasteiger partial charge in [0.2, 0.25) is 5.91 Å². The molecule has 7 nitrogen and oxygen atoms in total. The number of ether oxygens (including phenoxy) is 1. The summed E-state index contributed by atoms with van der Waals surface area (Å²) in [6.45, 7) is 7.84. The van der Waals surface area contributed by atoms with E-state index in [9.17, 15) is 4.79 Å². The summed E-state index contributed by atoms with van der Waals surface area (Å²) in [4.78, 5) is 18.7. The van der Waals surface area contributed by atoms with Crippen LogP contribution in [0.5, 0.6) is 5.75 Å². The van der Waals surface area contributed by atoms with Gasteiger partial charge in [-0.15, -0.1) is 0 Å². The molecule has 0 radical (unpaired) electrons. The number of anilines is 2. The number of hydrogen-bond donors (Lipinski definition) is 2. The van der Waals surface area contributed by atoms with Gasteiger partial charge in [0.25, 0.3) is 0 Å². The number of rotatable bonds is 6. The first-order valence-electron chi connectivity index (χ1n) is 12.5. The van der Waals surface area contributed by atoms with E-state index in [0.717, 1.165) is 34.0 Å². The second kappa shape index (κ2) is 10.3. The minimum absolute atomic E-state index is 0.174. The molecule has 0 saturated carbocycles. The molecular weight excluding hydrogens is 494 g/mol. The Morgan fingerprint density at radius 1 is 1.03 bits per heavy atom. The van der Waals surface area contributed by atoms with Gasteiger partial charge in [0.15, 0.2) is 5.11 Å². The molecule has 5 rings (SSSR count). The summed E-state index contributed by atoms with van der Waals surface area (Å²) < 4.78 is 7.77. The minimum atomic E-state index is -0.179. The molecule has 0 spiro atoms. The van der Waals surface area contributed by atoms with Crippen molar-refractivity contribution in [3.8, 4) is 11.4 Å². The fraction of sp³-hybridized carbons (Fsp3) is 0.233. The van der Waals surface area contributed by atoms with Crippen LogP contribution in [-0.4, -0.2) is 27.7 Å². The maximum absolute atomic E-state index is 11.9. The fourth-order valence-electron chi connectivity index (χ4n) is 5.26. The predicted octanol–water partition coefficient (Wildman–Crippen LogP) is 5.94. The van der Waals surface area contributed by atoms with Crippen molar-refractivity contribution in [2.45, 2.75) is 39.8 Å². The Labute approximate surface area is 228 Å². The van der Waals surface area contributed by atoms with Crippen LogP contribution in [0.2, 0.25) is 0 Å². The topological polar surface area (TPSA) is 71.4 Å². The number of thiocarbonyl (C=S) groups is 1. The Morgan fingerprint density at radius 3 is 2.42 bits per heavy atom. The Morgan fingerprint density at radius 2 is 1.76 bits per heavy atom. The van der Waals surface area contributed by atoms with E-state index in [1.165, 1.54) is 12.5 Å². The van der Waals surface area contributed by atoms with Gasteiger partial charge in [-0.2, -0.15) is 0 Å². The number of nitrogens with one attached hydrogen (secondary N) is 2. The Kier molecular flexibility index (Phi) is 6.91. The van der Waals surface area contributed by atoms with Gasteiger partial charge in [-0.3, -0.25) is 9.78 Å². The van der Waals surface area contributed by atoms with Crippen LogP contribution in [0, 0.1) is 20.8 Å². The van der Waals surface area contributed by atoms with Crippen LogP contribution in [0.4, 0.5) is 11.4 Å². The molecule has 2 aromatic heterocycles. The van der Waals surface area contributed by atoms with Crippen molar-refractivity contribution < 1.29 is 9.53 Å². The Bertz CT molecular complexity index is 1500. The smallest absolute Gasteiger partial charge is 0.221 e. The molecule has 4 aromatic rings. The first-order valence-corrected chi connectivity index (χ1v) is 12.9. The molecule has 3 heterocycles. The van der Waals surface area contributed by atoms with E-state index in [2.05, 4.69) is 76.2 Å². The van der Waals surface area contributed by atoms with Crippen molar-refractivity contribution >= 4 is 34.6 Å². The van der Waals surface area contributed by atoms with Crippen molar-refractivity contribution in [1.29, 1.82) is 0 Å². The van der Waals surface area contributed by atoms with Crippen LogP contribution in [0.1, 0.15) is 47.2 Å². The van der Waals surface area contributed by atoms with Gasteiger partial charge in [0, 0.05) is 35.9 Å². The van der Waals surface area contributed by atoms with Crippen molar-refractivity contribution in [3.05, 3.63) is 101 Å². The molecule has 2 aromatic carbocycles. The SMILES string of the molecule is COc1ccc(N2C(=S)N[C@@H](c3ccccn3)[C@H]2c2cc(C)n(-c3ccc(C)cc3)c2C)cc1NC(C)=O. The number of hydrogen-bond acceptors (Lipinski definition) is 4. The van der Waals surface area contributed by atoms with Gasteiger partial charge < -0.3 is 24.8 Å². The molecule has 1 saturated heterocycles. The van der Waals surface area contributed by atoms with E-state index in [1.54, 1.807) is 13.3 Å². The summed E-state index contributed by atoms with van der Waals surface area (Å²) in [6, 6.07) is 22.1. The molecule has 0 unspecified atom stereocenters. The number of amides is 1. The second-order valence-corrected chi connectivity index (χ2v) is 9.95. The zero-order valence-electron chi connectivity index (χ0n) is 22.1. The van der Waals surface area contributed by atoms with E-state index in [1.807, 2.05) is 36.4 Å². The molecule has 0 aliphatic carbocycles. The van der Waals surface area contributed by atoms with Crippen LogP contribution in [0.3, 0.4) is 0 Å². The van der Waals surface area contributed by atoms with Crippen LogP contribution < -0.4 is 20.3 Å². The van der Waals surface area contributed by atoms with Crippen LogP contribution in [0.25, 0.3) is 5.69 Å². The summed E-state index contributed by atoms with van der Waals surface area (Å²) in [6.07, 6.45) is 1.80. The van der Waals surface area contributed by atoms with E-state index < -0.39 is 0 Å². The zero-order valence-corrected chi connectivity index (χ0v) is 23.0. The molecule has 2 atom stereocenters. The lowest BCUT2D eigenvalue weighted by molar-refractivity contribution is -0.114. The fourth-order valence-corrected chi connectivity index (χ4v) is 5.61. The third-order valence-electron chi connectivity index (χ3n) is 6.95. The van der Waals surface area contributed by atoms with Gasteiger partial charge in [0.1, 0.15) is 5.75 Å². The number of pyridine rings is 1. The number of carbonyl (C=O) groups is 1. The second-order valence-electron chi connectivity index (χ2n) is 9.56. The lowest BCUT2D eigenvalue weighted by Gasteiger charge is -2.29. The quantitative estimate of drug-likeness (QED) is 0.304. The van der Waals surface area contributed by atoms with E-state index in [4.69, 9.17) is 17.0 Å². The van der Waals surface area contributed by atoms with Crippen molar-refractivity contribution in [3.63, 3.8) is 0 Å². The molecule has 1 fully saturated rings. The van der Waals surface area contributed by atoms with Crippen LogP contribution in [0.15, 0.2) is 72.9 Å². The Balaban J connectivity index is 1.67. The maximum Gasteiger partial charge on any atom is 0.221 e. The van der Waals surface area contributed by atoms with E-state index in [-0.39, 0.29) is 18.0 Å². The first-order chi connectivity index (χ1) is 18.3. The number of methoxy groups -OCH3 is 1. The monoisotopic (exact) mass is 525 g/mol. The number of aryl methyl sites for hydroxylation is 2. The summed E-state index contributed by atoms with van der Waals surface area (Å²) in [5, 5.41) is 6.99. The highest BCUT2D eigenvalue weighted by Gasteiger charge is 2.42. The lowest BCUT2D eigenvalue weighted by atomic mass is 9.96. The number of nitrogens with zero attached hydrogens (tertiary/aromatic N) is 3. The minimum Gasteiger partial charge on any atom is -0.495 e. The molecule has 38 heavy (non-hydrogen) atoms. The maximum atomic E-state index is 11.9. The average molecular weight is 526 g/mol. The number of carbonyl (C=O) groups excluding carboxylic acids is 1. The third kappa shape index (κ3) is 4.63. The molecule has 2 N–H and O–H groups in total. The lowest BCUT2D eigenvalue weighted by Crippen LogP contribution is -2.29. The van der Waals surface area contributed by atoms with Gasteiger partial charge in [-0.25, -0.2) is 0 Å². The summed E-state index contributed by atoms with van der Waals surface area (Å²) in [5.41, 5.74) is 8.07. The average Bonchev–Trinajstić information content (AvgIpc) is 3.39. The van der Waals surface area contributed by atoms with Crippen molar-refractivity contribution in [2.75, 3.05) is 17.3 Å². The largest absolute Gasteiger partial charge is 0.495 e. The van der Waals surface area contributed by atoms with Gasteiger partial charge in [0.05, 0.1) is 30.6 Å². The highest BCUT2D eigenvalue weighted by molar-refractivity contribution is 7.80. The van der Waals surface area contributed by atoms with Gasteiger partial charge >= 0.3 is 0 Å². The van der Waals surface area contributed by atoms with Crippen LogP contribution in [-0.2, 0) is 4.79 Å². The summed E-state index contributed by atoms with van der Waals surface area (Å²) in [7, 11) is 1.59. The molecule has 1 aliphatic rings. The molecule has 8 heteroatoms. The normalized spacial score (nSPS) is 16.9. The van der Waals surface area contributed by atoms with Gasteiger partial charge in [-0.05, 0) is 87.1 Å². The van der Waals surface area contributed by atoms with E-state index >= 15 is 0 Å². The Hall–Kier alpha value is -4.17. The molecule has 0 bridgehead atoms. The third-order valence-corrected chi connectivity index (χ3v) is 7.27. The van der Waals surface area contributed by atoms with Crippen LogP contribution >= 0.6 is 12.2 Å². The number of benzene rings is 2. The molecular formula is C30H31N5O2S. The van der Waals surface area contributed by atoms with E-state index in [0.29, 0.717) is 16.5 Å². The zero-order chi connectivity index (χ0) is 27.0. The van der Waals surface area contributed by atoms with Gasteiger partial charge in [-0.1, -0.05) is 23.8 Å². The summed E-state index contributed by atoms with van der Waals surface area (Å²) >= 11 is 5.92. The first kappa shape index (κ1) is 25.5. The highest BCUT2D eigenvalue weighted by Crippen LogP contribution is 2.45.